The zero-order valence-electron chi connectivity index (χ0n) is 18.3. The molecule has 0 radical (unpaired) electrons. The molecule has 0 amide bonds. The van der Waals surface area contributed by atoms with E-state index in [1.54, 1.807) is 19.2 Å². The van der Waals surface area contributed by atoms with E-state index >= 15 is 0 Å². The monoisotopic (exact) mass is 428 g/mol. The number of methoxy groups -OCH3 is 1. The van der Waals surface area contributed by atoms with Crippen molar-refractivity contribution < 1.29 is 9.15 Å². The van der Waals surface area contributed by atoms with Gasteiger partial charge in [-0.2, -0.15) is 0 Å². The van der Waals surface area contributed by atoms with Crippen molar-refractivity contribution >= 4 is 27.4 Å². The number of benzene rings is 3. The molecule has 1 fully saturated rings. The Bertz CT molecular complexity index is 1290. The SMILES string of the molecule is COc1ccc2oc(=O)cc(NC3CCN(CCc4ccc5ccccc5c4)CC3)c2c1. The highest BCUT2D eigenvalue weighted by atomic mass is 16.5. The molecule has 1 N–H and O–H groups in total. The summed E-state index contributed by atoms with van der Waals surface area (Å²) in [6, 6.07) is 22.7. The molecule has 1 aliphatic rings. The van der Waals surface area contributed by atoms with Crippen LogP contribution in [0.5, 0.6) is 5.75 Å². The number of rotatable bonds is 6. The van der Waals surface area contributed by atoms with E-state index in [9.17, 15) is 4.79 Å². The maximum absolute atomic E-state index is 12.0. The summed E-state index contributed by atoms with van der Waals surface area (Å²) < 4.78 is 10.7. The van der Waals surface area contributed by atoms with Crippen LogP contribution in [0.4, 0.5) is 5.69 Å². The van der Waals surface area contributed by atoms with Crippen molar-refractivity contribution in [1.82, 2.24) is 4.90 Å². The quantitative estimate of drug-likeness (QED) is 0.435. The Morgan fingerprint density at radius 3 is 2.62 bits per heavy atom. The zero-order valence-corrected chi connectivity index (χ0v) is 18.3. The van der Waals surface area contributed by atoms with Gasteiger partial charge in [-0.25, -0.2) is 4.79 Å². The van der Waals surface area contributed by atoms with Gasteiger partial charge in [-0.05, 0) is 53.8 Å². The van der Waals surface area contributed by atoms with Gasteiger partial charge in [-0.3, -0.25) is 0 Å². The van der Waals surface area contributed by atoms with Gasteiger partial charge >= 0.3 is 5.63 Å². The molecule has 1 aromatic heterocycles. The molecule has 1 aliphatic heterocycles. The first-order valence-corrected chi connectivity index (χ1v) is 11.3. The largest absolute Gasteiger partial charge is 0.497 e. The van der Waals surface area contributed by atoms with Crippen molar-refractivity contribution in [1.29, 1.82) is 0 Å². The van der Waals surface area contributed by atoms with Gasteiger partial charge in [0, 0.05) is 37.1 Å². The summed E-state index contributed by atoms with van der Waals surface area (Å²) >= 11 is 0. The highest BCUT2D eigenvalue weighted by Gasteiger charge is 2.20. The van der Waals surface area contributed by atoms with Crippen LogP contribution in [0, 0.1) is 0 Å². The zero-order chi connectivity index (χ0) is 21.9. The number of fused-ring (bicyclic) bond motifs is 2. The van der Waals surface area contributed by atoms with E-state index in [1.807, 2.05) is 12.1 Å². The first kappa shape index (κ1) is 20.6. The van der Waals surface area contributed by atoms with Gasteiger partial charge in [0.15, 0.2) is 0 Å². The fourth-order valence-electron chi connectivity index (χ4n) is 4.59. The summed E-state index contributed by atoms with van der Waals surface area (Å²) in [5, 5.41) is 7.07. The van der Waals surface area contributed by atoms with E-state index in [1.165, 1.54) is 16.3 Å². The number of hydrogen-bond donors (Lipinski definition) is 1. The smallest absolute Gasteiger partial charge is 0.338 e. The minimum Gasteiger partial charge on any atom is -0.497 e. The van der Waals surface area contributed by atoms with Crippen molar-refractivity contribution in [3.8, 4) is 5.75 Å². The van der Waals surface area contributed by atoms with Crippen LogP contribution in [-0.4, -0.2) is 37.7 Å². The number of anilines is 1. The van der Waals surface area contributed by atoms with Crippen LogP contribution >= 0.6 is 0 Å². The lowest BCUT2D eigenvalue weighted by molar-refractivity contribution is 0.221. The maximum Gasteiger partial charge on any atom is 0.338 e. The molecule has 0 bridgehead atoms. The van der Waals surface area contributed by atoms with Gasteiger partial charge in [0.1, 0.15) is 11.3 Å². The molecule has 0 aliphatic carbocycles. The minimum absolute atomic E-state index is 0.335. The molecule has 2 heterocycles. The van der Waals surface area contributed by atoms with Gasteiger partial charge < -0.3 is 19.4 Å². The Morgan fingerprint density at radius 2 is 1.81 bits per heavy atom. The molecule has 1 saturated heterocycles. The normalized spacial score (nSPS) is 15.3. The molecule has 3 aromatic carbocycles. The van der Waals surface area contributed by atoms with Crippen LogP contribution in [0.2, 0.25) is 0 Å². The molecule has 4 aromatic rings. The Morgan fingerprint density at radius 1 is 1.00 bits per heavy atom. The van der Waals surface area contributed by atoms with E-state index < -0.39 is 0 Å². The van der Waals surface area contributed by atoms with Crippen molar-refractivity contribution in [3.05, 3.63) is 82.7 Å². The van der Waals surface area contributed by atoms with Crippen LogP contribution in [0.15, 0.2) is 75.9 Å². The van der Waals surface area contributed by atoms with Crippen molar-refractivity contribution in [2.45, 2.75) is 25.3 Å². The van der Waals surface area contributed by atoms with Crippen molar-refractivity contribution in [2.75, 3.05) is 32.1 Å². The fourth-order valence-corrected chi connectivity index (χ4v) is 4.59. The lowest BCUT2D eigenvalue weighted by Crippen LogP contribution is -2.40. The topological polar surface area (TPSA) is 54.7 Å². The lowest BCUT2D eigenvalue weighted by Gasteiger charge is -2.33. The molecule has 5 nitrogen and oxygen atoms in total. The number of nitrogens with one attached hydrogen (secondary N) is 1. The average molecular weight is 429 g/mol. The molecule has 0 saturated carbocycles. The van der Waals surface area contributed by atoms with E-state index in [2.05, 4.69) is 52.7 Å². The third-order valence-electron chi connectivity index (χ3n) is 6.43. The summed E-state index contributed by atoms with van der Waals surface area (Å²) in [5.41, 5.74) is 2.46. The van der Waals surface area contributed by atoms with Crippen LogP contribution in [0.25, 0.3) is 21.7 Å². The van der Waals surface area contributed by atoms with Gasteiger partial charge in [-0.1, -0.05) is 42.5 Å². The Labute approximate surface area is 187 Å². The molecule has 0 unspecified atom stereocenters. The maximum atomic E-state index is 12.0. The molecular formula is C27H28N2O3. The Hall–Kier alpha value is -3.31. The second-order valence-electron chi connectivity index (χ2n) is 8.53. The first-order chi connectivity index (χ1) is 15.7. The standard InChI is InChI=1S/C27H28N2O3/c1-31-23-8-9-26-24(17-23)25(18-27(30)32-26)28-22-11-14-29(15-12-22)13-10-19-6-7-20-4-2-3-5-21(20)16-19/h2-9,16-18,22,28H,10-15H2,1H3. The lowest BCUT2D eigenvalue weighted by atomic mass is 10.0. The van der Waals surface area contributed by atoms with Gasteiger partial charge in [0.05, 0.1) is 12.8 Å². The molecule has 0 spiro atoms. The summed E-state index contributed by atoms with van der Waals surface area (Å²) in [7, 11) is 1.64. The molecule has 5 heteroatoms. The molecule has 5 rings (SSSR count). The van der Waals surface area contributed by atoms with Crippen LogP contribution in [0.1, 0.15) is 18.4 Å². The van der Waals surface area contributed by atoms with Crippen molar-refractivity contribution in [2.24, 2.45) is 0 Å². The summed E-state index contributed by atoms with van der Waals surface area (Å²) in [6.07, 6.45) is 3.15. The Kier molecular flexibility index (Phi) is 5.82. The first-order valence-electron chi connectivity index (χ1n) is 11.3. The number of likely N-dealkylation sites (tertiary alicyclic amines) is 1. The average Bonchev–Trinajstić information content (AvgIpc) is 2.83. The third kappa shape index (κ3) is 4.48. The second kappa shape index (κ2) is 9.05. The van der Waals surface area contributed by atoms with Crippen LogP contribution < -0.4 is 15.7 Å². The number of nitrogens with zero attached hydrogens (tertiary/aromatic N) is 1. The van der Waals surface area contributed by atoms with E-state index in [0.717, 1.165) is 55.7 Å². The summed E-state index contributed by atoms with van der Waals surface area (Å²) in [4.78, 5) is 14.5. The second-order valence-corrected chi connectivity index (χ2v) is 8.53. The molecule has 164 valence electrons. The fraction of sp³-hybridized carbons (Fsp3) is 0.296. The van der Waals surface area contributed by atoms with Crippen LogP contribution in [-0.2, 0) is 6.42 Å². The van der Waals surface area contributed by atoms with E-state index in [0.29, 0.717) is 11.6 Å². The van der Waals surface area contributed by atoms with Gasteiger partial charge in [-0.15, -0.1) is 0 Å². The minimum atomic E-state index is -0.335. The Balaban J connectivity index is 1.20. The van der Waals surface area contributed by atoms with Crippen LogP contribution in [0.3, 0.4) is 0 Å². The molecule has 32 heavy (non-hydrogen) atoms. The third-order valence-corrected chi connectivity index (χ3v) is 6.43. The summed E-state index contributed by atoms with van der Waals surface area (Å²) in [6.45, 7) is 3.17. The summed E-state index contributed by atoms with van der Waals surface area (Å²) in [5.74, 6) is 0.748. The van der Waals surface area contributed by atoms with Gasteiger partial charge in [0.25, 0.3) is 0 Å². The highest BCUT2D eigenvalue weighted by molar-refractivity contribution is 5.90. The van der Waals surface area contributed by atoms with Gasteiger partial charge in [0.2, 0.25) is 0 Å². The molecular weight excluding hydrogens is 400 g/mol. The van der Waals surface area contributed by atoms with E-state index in [4.69, 9.17) is 9.15 Å². The molecule has 0 atom stereocenters. The number of piperidine rings is 1. The highest BCUT2D eigenvalue weighted by Crippen LogP contribution is 2.28. The predicted molar refractivity (Wildman–Crippen MR) is 130 cm³/mol. The predicted octanol–water partition coefficient (Wildman–Crippen LogP) is 5.07. The number of hydrogen-bond acceptors (Lipinski definition) is 5. The van der Waals surface area contributed by atoms with Crippen molar-refractivity contribution in [3.63, 3.8) is 0 Å². The van der Waals surface area contributed by atoms with E-state index in [-0.39, 0.29) is 5.63 Å². The number of ether oxygens (including phenoxy) is 1.